The van der Waals surface area contributed by atoms with Crippen LogP contribution in [0.2, 0.25) is 5.02 Å². The molecular weight excluding hydrogens is 238 g/mol. The molecule has 0 aromatic heterocycles. The summed E-state index contributed by atoms with van der Waals surface area (Å²) >= 11 is 5.73. The van der Waals surface area contributed by atoms with E-state index in [4.69, 9.17) is 22.1 Å². The lowest BCUT2D eigenvalue weighted by molar-refractivity contribution is 0.0736. The van der Waals surface area contributed by atoms with Crippen LogP contribution in [0, 0.1) is 0 Å². The monoisotopic (exact) mass is 247 g/mol. The number of ether oxygens (including phenoxy) is 1. The molecule has 0 aliphatic heterocycles. The van der Waals surface area contributed by atoms with Crippen molar-refractivity contribution in [1.82, 2.24) is 0 Å². The number of hydrogen-bond acceptors (Lipinski definition) is 3. The van der Waals surface area contributed by atoms with Crippen molar-refractivity contribution < 1.29 is 9.53 Å². The summed E-state index contributed by atoms with van der Waals surface area (Å²) < 4.78 is 5.16. The molecular formula is C13H10ClNO2. The first kappa shape index (κ1) is 11.5. The van der Waals surface area contributed by atoms with Gasteiger partial charge < -0.3 is 10.5 Å². The topological polar surface area (TPSA) is 52.3 Å². The maximum absolute atomic E-state index is 11.8. The molecule has 0 unspecified atom stereocenters. The van der Waals surface area contributed by atoms with Gasteiger partial charge in [-0.3, -0.25) is 0 Å². The normalized spacial score (nSPS) is 9.94. The zero-order valence-corrected chi connectivity index (χ0v) is 9.65. The molecule has 0 aliphatic rings. The fourth-order valence-corrected chi connectivity index (χ4v) is 1.47. The van der Waals surface area contributed by atoms with Crippen LogP contribution >= 0.6 is 11.6 Å². The second-order valence-corrected chi connectivity index (χ2v) is 3.87. The fourth-order valence-electron chi connectivity index (χ4n) is 1.35. The number of anilines is 1. The SMILES string of the molecule is Nc1ccccc1C(=O)Oc1ccc(Cl)cc1. The van der Waals surface area contributed by atoms with E-state index >= 15 is 0 Å². The van der Waals surface area contributed by atoms with Gasteiger partial charge in [-0.15, -0.1) is 0 Å². The number of carbonyl (C=O) groups is 1. The number of rotatable bonds is 2. The molecule has 0 amide bonds. The van der Waals surface area contributed by atoms with Gasteiger partial charge in [0.15, 0.2) is 0 Å². The van der Waals surface area contributed by atoms with Gasteiger partial charge in [-0.2, -0.15) is 0 Å². The van der Waals surface area contributed by atoms with Crippen LogP contribution in [0.25, 0.3) is 0 Å². The quantitative estimate of drug-likeness (QED) is 0.504. The Morgan fingerprint density at radius 2 is 1.71 bits per heavy atom. The molecule has 0 saturated carbocycles. The molecule has 0 radical (unpaired) electrons. The van der Waals surface area contributed by atoms with Crippen molar-refractivity contribution >= 4 is 23.3 Å². The standard InChI is InChI=1S/C13H10ClNO2/c14-9-5-7-10(8-6-9)17-13(16)11-3-1-2-4-12(11)15/h1-8H,15H2. The number of nitrogen functional groups attached to an aromatic ring is 1. The van der Waals surface area contributed by atoms with Crippen LogP contribution in [0.15, 0.2) is 48.5 Å². The Morgan fingerprint density at radius 3 is 2.35 bits per heavy atom. The third kappa shape index (κ3) is 2.77. The van der Waals surface area contributed by atoms with E-state index in [9.17, 15) is 4.79 Å². The maximum Gasteiger partial charge on any atom is 0.345 e. The predicted molar refractivity (Wildman–Crippen MR) is 67.3 cm³/mol. The molecule has 0 heterocycles. The van der Waals surface area contributed by atoms with Crippen molar-refractivity contribution in [2.45, 2.75) is 0 Å². The summed E-state index contributed by atoms with van der Waals surface area (Å²) in [6.07, 6.45) is 0. The Labute approximate surface area is 104 Å². The van der Waals surface area contributed by atoms with Crippen molar-refractivity contribution in [1.29, 1.82) is 0 Å². The molecule has 0 fully saturated rings. The van der Waals surface area contributed by atoms with Crippen LogP contribution in [-0.4, -0.2) is 5.97 Å². The molecule has 2 rings (SSSR count). The smallest absolute Gasteiger partial charge is 0.345 e. The summed E-state index contributed by atoms with van der Waals surface area (Å²) in [6.45, 7) is 0. The van der Waals surface area contributed by atoms with Crippen LogP contribution in [0.5, 0.6) is 5.75 Å². The minimum absolute atomic E-state index is 0.349. The van der Waals surface area contributed by atoms with Gasteiger partial charge in [0.05, 0.1) is 5.56 Å². The molecule has 2 aromatic rings. The van der Waals surface area contributed by atoms with Crippen LogP contribution in [0.4, 0.5) is 5.69 Å². The lowest BCUT2D eigenvalue weighted by Gasteiger charge is -2.06. The molecule has 0 bridgehead atoms. The number of halogens is 1. The first-order valence-electron chi connectivity index (χ1n) is 4.99. The number of para-hydroxylation sites is 1. The number of hydrogen-bond donors (Lipinski definition) is 1. The van der Waals surface area contributed by atoms with Crippen molar-refractivity contribution in [3.05, 3.63) is 59.1 Å². The third-order valence-corrected chi connectivity index (χ3v) is 2.46. The van der Waals surface area contributed by atoms with E-state index in [1.54, 1.807) is 48.5 Å². The van der Waals surface area contributed by atoms with E-state index in [1.165, 1.54) is 0 Å². The Bertz CT molecular complexity index is 537. The van der Waals surface area contributed by atoms with Gasteiger partial charge in [0.1, 0.15) is 5.75 Å². The Kier molecular flexibility index (Phi) is 3.30. The summed E-state index contributed by atoms with van der Waals surface area (Å²) in [6, 6.07) is 13.3. The molecule has 86 valence electrons. The lowest BCUT2D eigenvalue weighted by atomic mass is 10.2. The molecule has 3 nitrogen and oxygen atoms in total. The van der Waals surface area contributed by atoms with E-state index in [0.717, 1.165) is 0 Å². The number of nitrogens with two attached hydrogens (primary N) is 1. The predicted octanol–water partition coefficient (Wildman–Crippen LogP) is 3.14. The zero-order chi connectivity index (χ0) is 12.3. The second-order valence-electron chi connectivity index (χ2n) is 3.43. The van der Waals surface area contributed by atoms with Gasteiger partial charge in [-0.25, -0.2) is 4.79 Å². The molecule has 0 atom stereocenters. The molecule has 0 aliphatic carbocycles. The second kappa shape index (κ2) is 4.89. The highest BCUT2D eigenvalue weighted by molar-refractivity contribution is 6.30. The van der Waals surface area contributed by atoms with Crippen LogP contribution in [0.1, 0.15) is 10.4 Å². The molecule has 2 N–H and O–H groups in total. The molecule has 0 spiro atoms. The molecule has 4 heteroatoms. The molecule has 2 aromatic carbocycles. The largest absolute Gasteiger partial charge is 0.423 e. The molecule has 17 heavy (non-hydrogen) atoms. The first-order chi connectivity index (χ1) is 8.16. The number of esters is 1. The van der Waals surface area contributed by atoms with E-state index in [-0.39, 0.29) is 0 Å². The van der Waals surface area contributed by atoms with Crippen molar-refractivity contribution in [2.24, 2.45) is 0 Å². The van der Waals surface area contributed by atoms with Gasteiger partial charge in [0.25, 0.3) is 0 Å². The summed E-state index contributed by atoms with van der Waals surface area (Å²) in [7, 11) is 0. The fraction of sp³-hybridized carbons (Fsp3) is 0. The maximum atomic E-state index is 11.8. The molecule has 0 saturated heterocycles. The summed E-state index contributed by atoms with van der Waals surface area (Å²) in [5.41, 5.74) is 6.42. The van der Waals surface area contributed by atoms with Crippen LogP contribution in [0.3, 0.4) is 0 Å². The minimum Gasteiger partial charge on any atom is -0.423 e. The van der Waals surface area contributed by atoms with Crippen LogP contribution in [-0.2, 0) is 0 Å². The van der Waals surface area contributed by atoms with E-state index in [1.807, 2.05) is 0 Å². The van der Waals surface area contributed by atoms with Gasteiger partial charge >= 0.3 is 5.97 Å². The summed E-state index contributed by atoms with van der Waals surface area (Å²) in [5, 5.41) is 0.587. The first-order valence-corrected chi connectivity index (χ1v) is 5.37. The van der Waals surface area contributed by atoms with Crippen molar-refractivity contribution in [3.63, 3.8) is 0 Å². The average molecular weight is 248 g/mol. The van der Waals surface area contributed by atoms with Crippen LogP contribution < -0.4 is 10.5 Å². The Balaban J connectivity index is 2.17. The van der Waals surface area contributed by atoms with E-state index in [0.29, 0.717) is 22.0 Å². The van der Waals surface area contributed by atoms with Gasteiger partial charge in [-0.1, -0.05) is 23.7 Å². The van der Waals surface area contributed by atoms with Crippen molar-refractivity contribution in [2.75, 3.05) is 5.73 Å². The minimum atomic E-state index is -0.481. The summed E-state index contributed by atoms with van der Waals surface area (Å²) in [5.74, 6) is -0.0481. The lowest BCUT2D eigenvalue weighted by Crippen LogP contribution is -2.10. The van der Waals surface area contributed by atoms with Crippen molar-refractivity contribution in [3.8, 4) is 5.75 Å². The number of benzene rings is 2. The number of carbonyl (C=O) groups excluding carboxylic acids is 1. The van der Waals surface area contributed by atoms with Gasteiger partial charge in [0.2, 0.25) is 0 Å². The highest BCUT2D eigenvalue weighted by atomic mass is 35.5. The summed E-state index contributed by atoms with van der Waals surface area (Å²) in [4.78, 5) is 11.8. The van der Waals surface area contributed by atoms with Gasteiger partial charge in [-0.05, 0) is 36.4 Å². The average Bonchev–Trinajstić information content (AvgIpc) is 2.32. The highest BCUT2D eigenvalue weighted by Crippen LogP contribution is 2.18. The Hall–Kier alpha value is -2.00. The van der Waals surface area contributed by atoms with Gasteiger partial charge in [0, 0.05) is 10.7 Å². The zero-order valence-electron chi connectivity index (χ0n) is 8.89. The highest BCUT2D eigenvalue weighted by Gasteiger charge is 2.11. The third-order valence-electron chi connectivity index (χ3n) is 2.20. The van der Waals surface area contributed by atoms with E-state index in [2.05, 4.69) is 0 Å². The van der Waals surface area contributed by atoms with E-state index < -0.39 is 5.97 Å². The Morgan fingerprint density at radius 1 is 1.06 bits per heavy atom.